The molecule has 1 heterocycles. The molecule has 1 aromatic carbocycles. The van der Waals surface area contributed by atoms with Crippen LogP contribution >= 0.6 is 0 Å². The molecule has 0 saturated carbocycles. The van der Waals surface area contributed by atoms with Gasteiger partial charge in [0.2, 0.25) is 0 Å². The zero-order valence-electron chi connectivity index (χ0n) is 10.3. The lowest BCUT2D eigenvalue weighted by atomic mass is 9.94. The Balaban J connectivity index is 2.02. The van der Waals surface area contributed by atoms with Gasteiger partial charge in [0.1, 0.15) is 0 Å². The van der Waals surface area contributed by atoms with Crippen molar-refractivity contribution < 1.29 is 0 Å². The fourth-order valence-corrected chi connectivity index (χ4v) is 2.53. The van der Waals surface area contributed by atoms with Crippen molar-refractivity contribution >= 4 is 5.69 Å². The van der Waals surface area contributed by atoms with E-state index in [2.05, 4.69) is 30.9 Å². The molecule has 0 amide bonds. The molecule has 88 valence electrons. The predicted molar refractivity (Wildman–Crippen MR) is 69.1 cm³/mol. The first-order valence-electron chi connectivity index (χ1n) is 6.23. The van der Waals surface area contributed by atoms with Crippen molar-refractivity contribution in [1.82, 2.24) is 4.90 Å². The van der Waals surface area contributed by atoms with Crippen molar-refractivity contribution in [2.45, 2.75) is 39.3 Å². The van der Waals surface area contributed by atoms with E-state index in [1.54, 1.807) is 0 Å². The maximum Gasteiger partial charge on any atom is 0.0317 e. The molecule has 0 bridgehead atoms. The summed E-state index contributed by atoms with van der Waals surface area (Å²) in [6.45, 7) is 6.93. The topological polar surface area (TPSA) is 29.3 Å². The summed E-state index contributed by atoms with van der Waals surface area (Å²) in [5, 5.41) is 0. The van der Waals surface area contributed by atoms with E-state index in [-0.39, 0.29) is 0 Å². The Bertz CT molecular complexity index is 348. The van der Waals surface area contributed by atoms with Crippen molar-refractivity contribution in [1.29, 1.82) is 0 Å². The van der Waals surface area contributed by atoms with Crippen LogP contribution < -0.4 is 5.73 Å². The first-order valence-corrected chi connectivity index (χ1v) is 6.23. The highest BCUT2D eigenvalue weighted by Gasteiger charge is 2.22. The normalized spacial score (nSPS) is 26.9. The minimum absolute atomic E-state index is 0.706. The summed E-state index contributed by atoms with van der Waals surface area (Å²) in [6, 6.07) is 8.96. The molecule has 0 radical (unpaired) electrons. The first kappa shape index (κ1) is 11.5. The molecule has 0 aliphatic carbocycles. The molecule has 0 aromatic heterocycles. The minimum Gasteiger partial charge on any atom is -0.399 e. The number of anilines is 1. The van der Waals surface area contributed by atoms with Gasteiger partial charge in [0.15, 0.2) is 0 Å². The van der Waals surface area contributed by atoms with Gasteiger partial charge in [0.25, 0.3) is 0 Å². The van der Waals surface area contributed by atoms with Gasteiger partial charge in [-0.1, -0.05) is 19.1 Å². The van der Waals surface area contributed by atoms with Crippen molar-refractivity contribution in [2.75, 3.05) is 12.3 Å². The Kier molecular flexibility index (Phi) is 3.49. The van der Waals surface area contributed by atoms with Crippen LogP contribution in [0.5, 0.6) is 0 Å². The van der Waals surface area contributed by atoms with E-state index in [4.69, 9.17) is 5.73 Å². The number of piperidine rings is 1. The van der Waals surface area contributed by atoms with Crippen molar-refractivity contribution in [2.24, 2.45) is 5.92 Å². The minimum atomic E-state index is 0.706. The monoisotopic (exact) mass is 218 g/mol. The van der Waals surface area contributed by atoms with E-state index in [9.17, 15) is 0 Å². The van der Waals surface area contributed by atoms with Crippen molar-refractivity contribution in [3.8, 4) is 0 Å². The van der Waals surface area contributed by atoms with E-state index in [1.807, 2.05) is 12.1 Å². The zero-order valence-corrected chi connectivity index (χ0v) is 10.3. The molecular weight excluding hydrogens is 196 g/mol. The summed E-state index contributed by atoms with van der Waals surface area (Å²) in [6.07, 6.45) is 2.69. The van der Waals surface area contributed by atoms with Gasteiger partial charge in [0, 0.05) is 24.8 Å². The molecule has 16 heavy (non-hydrogen) atoms. The van der Waals surface area contributed by atoms with Gasteiger partial charge in [-0.15, -0.1) is 0 Å². The van der Waals surface area contributed by atoms with Crippen LogP contribution in [-0.4, -0.2) is 17.5 Å². The predicted octanol–water partition coefficient (Wildman–Crippen LogP) is 2.89. The zero-order chi connectivity index (χ0) is 11.5. The van der Waals surface area contributed by atoms with Gasteiger partial charge >= 0.3 is 0 Å². The van der Waals surface area contributed by atoms with Gasteiger partial charge in [-0.05, 0) is 43.4 Å². The lowest BCUT2D eigenvalue weighted by Gasteiger charge is -2.36. The number of nitrogens with zero attached hydrogens (tertiary/aromatic N) is 1. The molecule has 1 aliphatic rings. The van der Waals surface area contributed by atoms with Gasteiger partial charge in [-0.2, -0.15) is 0 Å². The number of likely N-dealkylation sites (tertiary alicyclic amines) is 1. The lowest BCUT2D eigenvalue weighted by Crippen LogP contribution is -2.40. The molecule has 1 fully saturated rings. The van der Waals surface area contributed by atoms with Crippen LogP contribution in [-0.2, 0) is 6.54 Å². The number of hydrogen-bond acceptors (Lipinski definition) is 2. The second-order valence-electron chi connectivity index (χ2n) is 5.21. The number of hydrogen-bond donors (Lipinski definition) is 1. The quantitative estimate of drug-likeness (QED) is 0.773. The standard InChI is InChI=1S/C14H22N2/c1-11-6-7-12(2)16(9-11)10-13-4-3-5-14(15)8-13/h3-5,8,11-12H,6-7,9-10,15H2,1-2H3. The molecule has 2 heteroatoms. The fraction of sp³-hybridized carbons (Fsp3) is 0.571. The molecule has 2 unspecified atom stereocenters. The van der Waals surface area contributed by atoms with Gasteiger partial charge in [0.05, 0.1) is 0 Å². The van der Waals surface area contributed by atoms with Gasteiger partial charge in [-0.3, -0.25) is 4.90 Å². The molecule has 0 spiro atoms. The highest BCUT2D eigenvalue weighted by atomic mass is 15.2. The molecular formula is C14H22N2. The lowest BCUT2D eigenvalue weighted by molar-refractivity contribution is 0.117. The Labute approximate surface area is 98.4 Å². The largest absolute Gasteiger partial charge is 0.399 e. The van der Waals surface area contributed by atoms with Crippen LogP contribution in [0.3, 0.4) is 0 Å². The molecule has 2 rings (SSSR count). The average molecular weight is 218 g/mol. The number of benzene rings is 1. The second-order valence-corrected chi connectivity index (χ2v) is 5.21. The first-order chi connectivity index (χ1) is 7.65. The third-order valence-corrected chi connectivity index (χ3v) is 3.58. The average Bonchev–Trinajstić information content (AvgIpc) is 2.24. The van der Waals surface area contributed by atoms with Crippen LogP contribution in [0, 0.1) is 5.92 Å². The van der Waals surface area contributed by atoms with Gasteiger partial charge in [-0.25, -0.2) is 0 Å². The van der Waals surface area contributed by atoms with Crippen LogP contribution in [0.2, 0.25) is 0 Å². The van der Waals surface area contributed by atoms with Gasteiger partial charge < -0.3 is 5.73 Å². The summed E-state index contributed by atoms with van der Waals surface area (Å²) in [5.41, 5.74) is 8.01. The highest BCUT2D eigenvalue weighted by Crippen LogP contribution is 2.23. The van der Waals surface area contributed by atoms with E-state index in [0.717, 1.165) is 18.2 Å². The summed E-state index contributed by atoms with van der Waals surface area (Å²) < 4.78 is 0. The molecule has 2 nitrogen and oxygen atoms in total. The SMILES string of the molecule is CC1CCC(C)N(Cc2cccc(N)c2)C1. The number of nitrogens with two attached hydrogens (primary N) is 1. The van der Waals surface area contributed by atoms with E-state index >= 15 is 0 Å². The van der Waals surface area contributed by atoms with E-state index in [0.29, 0.717) is 6.04 Å². The Morgan fingerprint density at radius 2 is 2.12 bits per heavy atom. The summed E-state index contributed by atoms with van der Waals surface area (Å²) >= 11 is 0. The Morgan fingerprint density at radius 1 is 1.31 bits per heavy atom. The maximum absolute atomic E-state index is 5.81. The Hall–Kier alpha value is -1.02. The molecule has 1 aromatic rings. The summed E-state index contributed by atoms with van der Waals surface area (Å²) in [7, 11) is 0. The van der Waals surface area contributed by atoms with Crippen LogP contribution in [0.1, 0.15) is 32.3 Å². The van der Waals surface area contributed by atoms with Crippen molar-refractivity contribution in [3.05, 3.63) is 29.8 Å². The van der Waals surface area contributed by atoms with Crippen molar-refractivity contribution in [3.63, 3.8) is 0 Å². The van der Waals surface area contributed by atoms with Crippen LogP contribution in [0.15, 0.2) is 24.3 Å². The summed E-state index contributed by atoms with van der Waals surface area (Å²) in [5.74, 6) is 0.831. The number of nitrogen functional groups attached to an aromatic ring is 1. The third-order valence-electron chi connectivity index (χ3n) is 3.58. The fourth-order valence-electron chi connectivity index (χ4n) is 2.53. The highest BCUT2D eigenvalue weighted by molar-refractivity contribution is 5.40. The number of rotatable bonds is 2. The third kappa shape index (κ3) is 2.76. The molecule has 1 aliphatic heterocycles. The van der Waals surface area contributed by atoms with Crippen LogP contribution in [0.25, 0.3) is 0 Å². The van der Waals surface area contributed by atoms with E-state index < -0.39 is 0 Å². The van der Waals surface area contributed by atoms with Crippen LogP contribution in [0.4, 0.5) is 5.69 Å². The molecule has 1 saturated heterocycles. The molecule has 2 N–H and O–H groups in total. The smallest absolute Gasteiger partial charge is 0.0317 e. The maximum atomic E-state index is 5.81. The summed E-state index contributed by atoms with van der Waals surface area (Å²) in [4.78, 5) is 2.57. The van der Waals surface area contributed by atoms with E-state index in [1.165, 1.54) is 24.9 Å². The second kappa shape index (κ2) is 4.88. The molecule has 2 atom stereocenters. The Morgan fingerprint density at radius 3 is 2.88 bits per heavy atom.